The highest BCUT2D eigenvalue weighted by molar-refractivity contribution is 5.82. The third-order valence-corrected chi connectivity index (χ3v) is 4.17. The number of rotatable bonds is 4. The molecule has 0 atom stereocenters. The second-order valence-electron chi connectivity index (χ2n) is 6.28. The zero-order chi connectivity index (χ0) is 18.1. The standard InChI is InChI=1S/C18H21N5O2/c1-11(2)16-13-9-20-23(14-8-6-5-7-12(14)3)17(13)18(25)22(21-16)10-15(24)19-4/h5-9,11H,10H2,1-4H3,(H,19,24). The maximum atomic E-state index is 13.0. The van der Waals surface area contributed by atoms with Crippen molar-refractivity contribution in [2.45, 2.75) is 33.2 Å². The Morgan fingerprint density at radius 3 is 2.64 bits per heavy atom. The molecule has 3 rings (SSSR count). The highest BCUT2D eigenvalue weighted by Gasteiger charge is 2.20. The van der Waals surface area contributed by atoms with Gasteiger partial charge in [-0.2, -0.15) is 10.2 Å². The molecule has 0 spiro atoms. The number of hydrogen-bond acceptors (Lipinski definition) is 4. The lowest BCUT2D eigenvalue weighted by molar-refractivity contribution is -0.121. The molecule has 0 aliphatic heterocycles. The van der Waals surface area contributed by atoms with Gasteiger partial charge in [0.2, 0.25) is 5.91 Å². The van der Waals surface area contributed by atoms with E-state index in [1.165, 1.54) is 11.7 Å². The van der Waals surface area contributed by atoms with Gasteiger partial charge in [-0.3, -0.25) is 9.59 Å². The monoisotopic (exact) mass is 339 g/mol. The average Bonchev–Trinajstić information content (AvgIpc) is 3.02. The lowest BCUT2D eigenvalue weighted by atomic mass is 10.1. The molecule has 0 bridgehead atoms. The molecule has 7 nitrogen and oxygen atoms in total. The van der Waals surface area contributed by atoms with Gasteiger partial charge in [0.05, 0.1) is 17.6 Å². The number of fused-ring (bicyclic) bond motifs is 1. The van der Waals surface area contributed by atoms with Crippen molar-refractivity contribution in [1.82, 2.24) is 24.9 Å². The highest BCUT2D eigenvalue weighted by Crippen LogP contribution is 2.24. The maximum absolute atomic E-state index is 13.0. The van der Waals surface area contributed by atoms with E-state index in [9.17, 15) is 9.59 Å². The molecular formula is C18H21N5O2. The summed E-state index contributed by atoms with van der Waals surface area (Å²) < 4.78 is 2.86. The molecule has 0 saturated carbocycles. The predicted molar refractivity (Wildman–Crippen MR) is 96.0 cm³/mol. The number of aryl methyl sites for hydroxylation is 1. The minimum Gasteiger partial charge on any atom is -0.358 e. The van der Waals surface area contributed by atoms with E-state index >= 15 is 0 Å². The summed E-state index contributed by atoms with van der Waals surface area (Å²) in [7, 11) is 1.53. The van der Waals surface area contributed by atoms with Gasteiger partial charge in [0.25, 0.3) is 5.56 Å². The number of likely N-dealkylation sites (N-methyl/N-ethyl adjacent to an activating group) is 1. The van der Waals surface area contributed by atoms with Crippen molar-refractivity contribution in [2.75, 3.05) is 7.05 Å². The summed E-state index contributed by atoms with van der Waals surface area (Å²) in [6.45, 7) is 5.85. The van der Waals surface area contributed by atoms with Crippen LogP contribution in [-0.4, -0.2) is 32.5 Å². The van der Waals surface area contributed by atoms with Crippen molar-refractivity contribution in [3.05, 3.63) is 52.1 Å². The molecule has 130 valence electrons. The van der Waals surface area contributed by atoms with Crippen LogP contribution in [0.3, 0.4) is 0 Å². The van der Waals surface area contributed by atoms with Crippen LogP contribution >= 0.6 is 0 Å². The van der Waals surface area contributed by atoms with Crippen LogP contribution in [-0.2, 0) is 11.3 Å². The molecular weight excluding hydrogens is 318 g/mol. The number of benzene rings is 1. The molecule has 0 aliphatic rings. The van der Waals surface area contributed by atoms with Crippen molar-refractivity contribution in [3.63, 3.8) is 0 Å². The van der Waals surface area contributed by atoms with Crippen molar-refractivity contribution >= 4 is 16.8 Å². The van der Waals surface area contributed by atoms with E-state index in [2.05, 4.69) is 15.5 Å². The summed E-state index contributed by atoms with van der Waals surface area (Å²) in [5.41, 5.74) is 2.70. The third-order valence-electron chi connectivity index (χ3n) is 4.17. The zero-order valence-electron chi connectivity index (χ0n) is 14.8. The molecule has 0 radical (unpaired) electrons. The number of hydrogen-bond donors (Lipinski definition) is 1. The lowest BCUT2D eigenvalue weighted by Gasteiger charge is -2.12. The van der Waals surface area contributed by atoms with Crippen LogP contribution in [0.15, 0.2) is 35.3 Å². The fraction of sp³-hybridized carbons (Fsp3) is 0.333. The van der Waals surface area contributed by atoms with E-state index in [-0.39, 0.29) is 23.9 Å². The summed E-state index contributed by atoms with van der Waals surface area (Å²) in [6.07, 6.45) is 1.68. The van der Waals surface area contributed by atoms with E-state index in [0.29, 0.717) is 5.52 Å². The second-order valence-corrected chi connectivity index (χ2v) is 6.28. The number of carbonyl (C=O) groups excluding carboxylic acids is 1. The van der Waals surface area contributed by atoms with Crippen LogP contribution in [0.1, 0.15) is 31.0 Å². The number of nitrogens with zero attached hydrogens (tertiary/aromatic N) is 4. The van der Waals surface area contributed by atoms with Gasteiger partial charge in [-0.05, 0) is 24.5 Å². The molecule has 0 unspecified atom stereocenters. The Kier molecular flexibility index (Phi) is 4.39. The first-order chi connectivity index (χ1) is 11.9. The van der Waals surface area contributed by atoms with Crippen LogP contribution in [0.2, 0.25) is 0 Å². The first-order valence-corrected chi connectivity index (χ1v) is 8.19. The van der Waals surface area contributed by atoms with Crippen LogP contribution in [0.5, 0.6) is 0 Å². The van der Waals surface area contributed by atoms with E-state index < -0.39 is 0 Å². The topological polar surface area (TPSA) is 81.8 Å². The van der Waals surface area contributed by atoms with E-state index in [4.69, 9.17) is 0 Å². The molecule has 2 heterocycles. The Hall–Kier alpha value is -2.96. The van der Waals surface area contributed by atoms with Crippen LogP contribution in [0.25, 0.3) is 16.6 Å². The van der Waals surface area contributed by atoms with Gasteiger partial charge in [0.15, 0.2) is 0 Å². The molecule has 25 heavy (non-hydrogen) atoms. The van der Waals surface area contributed by atoms with Crippen molar-refractivity contribution in [1.29, 1.82) is 0 Å². The summed E-state index contributed by atoms with van der Waals surface area (Å²) in [5, 5.41) is 12.1. The SMILES string of the molecule is CNC(=O)Cn1nc(C(C)C)c2cnn(-c3ccccc3C)c2c1=O. The molecule has 7 heteroatoms. The fourth-order valence-corrected chi connectivity index (χ4v) is 2.83. The first-order valence-electron chi connectivity index (χ1n) is 8.19. The van der Waals surface area contributed by atoms with E-state index in [0.717, 1.165) is 22.3 Å². The molecule has 1 amide bonds. The maximum Gasteiger partial charge on any atom is 0.293 e. The fourth-order valence-electron chi connectivity index (χ4n) is 2.83. The average molecular weight is 339 g/mol. The van der Waals surface area contributed by atoms with Gasteiger partial charge < -0.3 is 5.32 Å². The number of amides is 1. The zero-order valence-corrected chi connectivity index (χ0v) is 14.8. The van der Waals surface area contributed by atoms with E-state index in [1.807, 2.05) is 45.0 Å². The summed E-state index contributed by atoms with van der Waals surface area (Å²) in [4.78, 5) is 24.7. The summed E-state index contributed by atoms with van der Waals surface area (Å²) >= 11 is 0. The Bertz CT molecular complexity index is 1000. The smallest absolute Gasteiger partial charge is 0.293 e. The van der Waals surface area contributed by atoms with Crippen LogP contribution in [0, 0.1) is 6.92 Å². The number of aromatic nitrogens is 4. The van der Waals surface area contributed by atoms with Crippen molar-refractivity contribution in [2.24, 2.45) is 0 Å². The Morgan fingerprint density at radius 1 is 1.28 bits per heavy atom. The van der Waals surface area contributed by atoms with Gasteiger partial charge in [0.1, 0.15) is 12.1 Å². The van der Waals surface area contributed by atoms with Gasteiger partial charge in [-0.15, -0.1) is 0 Å². The Balaban J connectivity index is 2.34. The first kappa shape index (κ1) is 16.9. The molecule has 1 N–H and O–H groups in total. The van der Waals surface area contributed by atoms with Gasteiger partial charge >= 0.3 is 0 Å². The number of carbonyl (C=O) groups is 1. The summed E-state index contributed by atoms with van der Waals surface area (Å²) in [6, 6.07) is 7.73. The van der Waals surface area contributed by atoms with Gasteiger partial charge in [0, 0.05) is 12.4 Å². The lowest BCUT2D eigenvalue weighted by Crippen LogP contribution is -2.33. The van der Waals surface area contributed by atoms with Crippen molar-refractivity contribution < 1.29 is 4.79 Å². The largest absolute Gasteiger partial charge is 0.358 e. The Morgan fingerprint density at radius 2 is 2.00 bits per heavy atom. The normalized spacial score (nSPS) is 11.2. The number of nitrogens with one attached hydrogen (secondary N) is 1. The molecule has 3 aromatic rings. The predicted octanol–water partition coefficient (Wildman–Crippen LogP) is 1.76. The second kappa shape index (κ2) is 6.51. The van der Waals surface area contributed by atoms with Gasteiger partial charge in [-0.1, -0.05) is 32.0 Å². The van der Waals surface area contributed by atoms with Crippen molar-refractivity contribution in [3.8, 4) is 5.69 Å². The minimum absolute atomic E-state index is 0.0913. The molecule has 0 fully saturated rings. The molecule has 0 aliphatic carbocycles. The molecule has 1 aromatic carbocycles. The van der Waals surface area contributed by atoms with Crippen LogP contribution in [0.4, 0.5) is 0 Å². The van der Waals surface area contributed by atoms with Crippen LogP contribution < -0.4 is 10.9 Å². The molecule has 2 aromatic heterocycles. The Labute approximate surface area is 145 Å². The quantitative estimate of drug-likeness (QED) is 0.785. The minimum atomic E-state index is -0.330. The highest BCUT2D eigenvalue weighted by atomic mass is 16.2. The third kappa shape index (κ3) is 2.93. The number of para-hydroxylation sites is 1. The molecule has 0 saturated heterocycles. The summed E-state index contributed by atoms with van der Waals surface area (Å²) in [5.74, 6) is -0.181. The van der Waals surface area contributed by atoms with Gasteiger partial charge in [-0.25, -0.2) is 9.36 Å². The van der Waals surface area contributed by atoms with E-state index in [1.54, 1.807) is 10.9 Å².